The SMILES string of the molecule is C[C@@H](C#N)CC1CC[C@@H]2O[C@@]3(C)CCC[C@@]2(C3)O1. The van der Waals surface area contributed by atoms with Crippen molar-refractivity contribution in [2.45, 2.75) is 82.2 Å². The zero-order chi connectivity index (χ0) is 12.8. The molecule has 0 N–H and O–H groups in total. The van der Waals surface area contributed by atoms with Gasteiger partial charge in [-0.05, 0) is 52.4 Å². The Morgan fingerprint density at radius 1 is 1.33 bits per heavy atom. The molecule has 2 saturated heterocycles. The molecule has 2 aliphatic heterocycles. The van der Waals surface area contributed by atoms with E-state index in [1.165, 1.54) is 12.8 Å². The summed E-state index contributed by atoms with van der Waals surface area (Å²) in [5.41, 5.74) is 0.0315. The Bertz CT molecular complexity index is 377. The molecule has 3 heteroatoms. The number of nitrogens with zero attached hydrogens (tertiary/aromatic N) is 1. The van der Waals surface area contributed by atoms with Crippen LogP contribution in [0.4, 0.5) is 0 Å². The van der Waals surface area contributed by atoms with Crippen molar-refractivity contribution in [1.29, 1.82) is 5.26 Å². The summed E-state index contributed by atoms with van der Waals surface area (Å²) in [6.07, 6.45) is 8.20. The van der Waals surface area contributed by atoms with Crippen LogP contribution >= 0.6 is 0 Å². The molecule has 18 heavy (non-hydrogen) atoms. The summed E-state index contributed by atoms with van der Waals surface area (Å²) < 4.78 is 12.7. The Hall–Kier alpha value is -0.590. The summed E-state index contributed by atoms with van der Waals surface area (Å²) in [6, 6.07) is 2.32. The van der Waals surface area contributed by atoms with Crippen LogP contribution in [0.3, 0.4) is 0 Å². The molecule has 100 valence electrons. The molecule has 5 atom stereocenters. The van der Waals surface area contributed by atoms with Gasteiger partial charge in [0.15, 0.2) is 0 Å². The third kappa shape index (κ3) is 1.96. The molecule has 3 rings (SSSR count). The predicted molar refractivity (Wildman–Crippen MR) is 68.0 cm³/mol. The number of fused-ring (bicyclic) bond motifs is 1. The lowest BCUT2D eigenvalue weighted by molar-refractivity contribution is -0.169. The molecule has 3 fully saturated rings. The standard InChI is InChI=1S/C15H23NO2/c1-11(9-16)8-12-4-5-13-15(17-12)7-3-6-14(2,10-15)18-13/h11-13H,3-8,10H2,1-2H3/t11-,12?,13+,14+,15+/m1/s1. The lowest BCUT2D eigenvalue weighted by Crippen LogP contribution is -2.49. The van der Waals surface area contributed by atoms with Crippen molar-refractivity contribution >= 4 is 0 Å². The number of rotatable bonds is 2. The zero-order valence-corrected chi connectivity index (χ0v) is 11.4. The monoisotopic (exact) mass is 249 g/mol. The van der Waals surface area contributed by atoms with E-state index in [2.05, 4.69) is 13.0 Å². The van der Waals surface area contributed by atoms with E-state index < -0.39 is 0 Å². The Balaban J connectivity index is 1.73. The van der Waals surface area contributed by atoms with Gasteiger partial charge >= 0.3 is 0 Å². The summed E-state index contributed by atoms with van der Waals surface area (Å²) in [6.45, 7) is 4.23. The fourth-order valence-electron chi connectivity index (χ4n) is 4.24. The van der Waals surface area contributed by atoms with Gasteiger partial charge in [0.1, 0.15) is 0 Å². The number of ether oxygens (including phenoxy) is 2. The van der Waals surface area contributed by atoms with Gasteiger partial charge in [-0.25, -0.2) is 0 Å². The summed E-state index contributed by atoms with van der Waals surface area (Å²) in [4.78, 5) is 0. The lowest BCUT2D eigenvalue weighted by atomic mass is 9.74. The molecule has 3 nitrogen and oxygen atoms in total. The van der Waals surface area contributed by atoms with Crippen LogP contribution in [0.2, 0.25) is 0 Å². The average Bonchev–Trinajstić information content (AvgIpc) is 2.53. The Kier molecular flexibility index (Phi) is 2.91. The maximum atomic E-state index is 8.94. The van der Waals surface area contributed by atoms with Crippen LogP contribution in [0.15, 0.2) is 0 Å². The van der Waals surface area contributed by atoms with Crippen LogP contribution < -0.4 is 0 Å². The minimum Gasteiger partial charge on any atom is -0.369 e. The van der Waals surface area contributed by atoms with Gasteiger partial charge in [-0.2, -0.15) is 5.26 Å². The summed E-state index contributed by atoms with van der Waals surface area (Å²) in [5, 5.41) is 8.94. The quantitative estimate of drug-likeness (QED) is 0.754. The Morgan fingerprint density at radius 3 is 2.94 bits per heavy atom. The molecule has 1 saturated carbocycles. The summed E-state index contributed by atoms with van der Waals surface area (Å²) in [7, 11) is 0. The second-order valence-corrected chi connectivity index (χ2v) is 6.73. The first-order valence-electron chi connectivity index (χ1n) is 7.31. The fourth-order valence-corrected chi connectivity index (χ4v) is 4.24. The van der Waals surface area contributed by atoms with Crippen molar-refractivity contribution in [2.75, 3.05) is 0 Å². The van der Waals surface area contributed by atoms with E-state index in [-0.39, 0.29) is 23.2 Å². The fraction of sp³-hybridized carbons (Fsp3) is 0.933. The number of nitriles is 1. The average molecular weight is 249 g/mol. The van der Waals surface area contributed by atoms with Gasteiger partial charge < -0.3 is 9.47 Å². The van der Waals surface area contributed by atoms with Crippen molar-refractivity contribution in [3.05, 3.63) is 0 Å². The second-order valence-electron chi connectivity index (χ2n) is 6.73. The van der Waals surface area contributed by atoms with E-state index in [0.29, 0.717) is 6.10 Å². The van der Waals surface area contributed by atoms with Crippen molar-refractivity contribution in [2.24, 2.45) is 5.92 Å². The highest BCUT2D eigenvalue weighted by molar-refractivity contribution is 5.09. The molecule has 1 spiro atoms. The normalized spacial score (nSPS) is 48.3. The molecule has 1 unspecified atom stereocenters. The summed E-state index contributed by atoms with van der Waals surface area (Å²) >= 11 is 0. The maximum Gasteiger partial charge on any atom is 0.0974 e. The van der Waals surface area contributed by atoms with Gasteiger partial charge in [0.2, 0.25) is 0 Å². The first-order valence-corrected chi connectivity index (χ1v) is 7.31. The molecular weight excluding hydrogens is 226 g/mol. The molecule has 1 aliphatic carbocycles. The molecule has 0 aromatic rings. The molecule has 2 bridgehead atoms. The topological polar surface area (TPSA) is 42.2 Å². The first kappa shape index (κ1) is 12.4. The van der Waals surface area contributed by atoms with E-state index in [1.54, 1.807) is 0 Å². The molecule has 3 aliphatic rings. The first-order chi connectivity index (χ1) is 8.55. The second kappa shape index (κ2) is 4.21. The molecule has 0 aromatic carbocycles. The molecular formula is C15H23NO2. The number of hydrogen-bond donors (Lipinski definition) is 0. The Labute approximate surface area is 109 Å². The predicted octanol–water partition coefficient (Wildman–Crippen LogP) is 3.19. The highest BCUT2D eigenvalue weighted by atomic mass is 16.6. The van der Waals surface area contributed by atoms with E-state index in [0.717, 1.165) is 32.1 Å². The molecule has 0 aromatic heterocycles. The maximum absolute atomic E-state index is 8.94. The van der Waals surface area contributed by atoms with E-state index >= 15 is 0 Å². The van der Waals surface area contributed by atoms with Crippen molar-refractivity contribution in [3.8, 4) is 6.07 Å². The minimum absolute atomic E-state index is 0.0227. The summed E-state index contributed by atoms with van der Waals surface area (Å²) in [5.74, 6) is 0.0974. The van der Waals surface area contributed by atoms with Gasteiger partial charge in [-0.15, -0.1) is 0 Å². The third-order valence-corrected chi connectivity index (χ3v) is 4.98. The third-order valence-electron chi connectivity index (χ3n) is 4.98. The van der Waals surface area contributed by atoms with Gasteiger partial charge in [0, 0.05) is 12.3 Å². The molecule has 2 heterocycles. The highest BCUT2D eigenvalue weighted by Gasteiger charge is 2.59. The van der Waals surface area contributed by atoms with Gasteiger partial charge in [-0.1, -0.05) is 0 Å². The Morgan fingerprint density at radius 2 is 2.17 bits per heavy atom. The van der Waals surface area contributed by atoms with Crippen LogP contribution in [0, 0.1) is 17.2 Å². The van der Waals surface area contributed by atoms with Crippen LogP contribution in [-0.2, 0) is 9.47 Å². The van der Waals surface area contributed by atoms with Crippen molar-refractivity contribution < 1.29 is 9.47 Å². The largest absolute Gasteiger partial charge is 0.369 e. The van der Waals surface area contributed by atoms with Gasteiger partial charge in [-0.3, -0.25) is 0 Å². The van der Waals surface area contributed by atoms with Crippen LogP contribution in [-0.4, -0.2) is 23.4 Å². The van der Waals surface area contributed by atoms with Crippen LogP contribution in [0.25, 0.3) is 0 Å². The smallest absolute Gasteiger partial charge is 0.0974 e. The zero-order valence-electron chi connectivity index (χ0n) is 11.4. The van der Waals surface area contributed by atoms with Crippen molar-refractivity contribution in [1.82, 2.24) is 0 Å². The lowest BCUT2D eigenvalue weighted by Gasteiger charge is -2.43. The van der Waals surface area contributed by atoms with Gasteiger partial charge in [0.25, 0.3) is 0 Å². The van der Waals surface area contributed by atoms with Crippen LogP contribution in [0.1, 0.15) is 58.8 Å². The molecule has 0 radical (unpaired) electrons. The van der Waals surface area contributed by atoms with E-state index in [9.17, 15) is 0 Å². The minimum atomic E-state index is -0.0227. The molecule has 0 amide bonds. The van der Waals surface area contributed by atoms with Crippen molar-refractivity contribution in [3.63, 3.8) is 0 Å². The van der Waals surface area contributed by atoms with E-state index in [1.807, 2.05) is 6.92 Å². The van der Waals surface area contributed by atoms with Crippen LogP contribution in [0.5, 0.6) is 0 Å². The highest BCUT2D eigenvalue weighted by Crippen LogP contribution is 2.54. The van der Waals surface area contributed by atoms with E-state index in [4.69, 9.17) is 14.7 Å². The van der Waals surface area contributed by atoms with Gasteiger partial charge in [0.05, 0.1) is 29.5 Å². The number of hydrogen-bond acceptors (Lipinski definition) is 3.